The fourth-order valence-electron chi connectivity index (χ4n) is 4.54. The monoisotopic (exact) mass is 580 g/mol. The van der Waals surface area contributed by atoms with Gasteiger partial charge in [-0.1, -0.05) is 53.5 Å². The molecule has 3 heterocycles. The number of methoxy groups -OCH3 is 1. The minimum Gasteiger partial charge on any atom is -0.497 e. The minimum atomic E-state index is -0.594. The number of carbonyl (C=O) groups excluding carboxylic acids is 2. The average molecular weight is 581 g/mol. The number of nitrogens with zero attached hydrogens (tertiary/aromatic N) is 6. The summed E-state index contributed by atoms with van der Waals surface area (Å²) in [7, 11) is 1.57. The summed E-state index contributed by atoms with van der Waals surface area (Å²) in [5, 5.41) is 31.2. The molecule has 1 unspecified atom stereocenters. The van der Waals surface area contributed by atoms with Gasteiger partial charge < -0.3 is 10.5 Å². The zero-order valence-corrected chi connectivity index (χ0v) is 23.6. The van der Waals surface area contributed by atoms with E-state index in [1.807, 2.05) is 31.2 Å². The summed E-state index contributed by atoms with van der Waals surface area (Å²) in [6.07, 6.45) is 2.42. The highest BCUT2D eigenvalue weighted by Gasteiger charge is 2.41. The molecule has 200 valence electrons. The van der Waals surface area contributed by atoms with Crippen LogP contribution in [0.3, 0.4) is 0 Å². The molecule has 2 aromatic heterocycles. The number of amides is 1. The van der Waals surface area contributed by atoms with Gasteiger partial charge in [0, 0.05) is 17.7 Å². The number of rotatable bonds is 8. The van der Waals surface area contributed by atoms with Crippen LogP contribution in [0.1, 0.15) is 42.7 Å². The van der Waals surface area contributed by atoms with Crippen molar-refractivity contribution in [2.45, 2.75) is 42.9 Å². The maximum atomic E-state index is 13.3. The third kappa shape index (κ3) is 5.38. The fraction of sp³-hybridized carbons (Fsp3) is 0.320. The number of nitrogens with two attached hydrogens (primary N) is 1. The molecule has 39 heavy (non-hydrogen) atoms. The van der Waals surface area contributed by atoms with Gasteiger partial charge in [-0.05, 0) is 37.0 Å². The number of allylic oxidation sites excluding steroid dienone is 3. The first-order chi connectivity index (χ1) is 18.9. The van der Waals surface area contributed by atoms with Crippen LogP contribution in [0.4, 0.5) is 10.3 Å². The van der Waals surface area contributed by atoms with Crippen LogP contribution < -0.4 is 20.7 Å². The van der Waals surface area contributed by atoms with Crippen molar-refractivity contribution < 1.29 is 14.3 Å². The molecule has 3 N–H and O–H groups in total. The molecule has 0 fully saturated rings. The first-order valence-electron chi connectivity index (χ1n) is 12.1. The molecule has 1 aliphatic heterocycles. The van der Waals surface area contributed by atoms with E-state index in [-0.39, 0.29) is 28.8 Å². The number of ketones is 1. The standard InChI is InChI=1S/C25H24N8O3S3/c1-3-19-29-30-23(38-19)28-18(35)12-37-25-32-31-24(39-25)33-16-8-5-9-17(34)21(16)20(15(11-26)22(33)27)13-6-4-7-14(10-13)36-2/h4,6-7,10,20H,3,5,8-9,12,27H2,1-2H3,(H,28,30,35). The number of thioether (sulfide) groups is 1. The van der Waals surface area contributed by atoms with Crippen LogP contribution in [0.2, 0.25) is 0 Å². The predicted molar refractivity (Wildman–Crippen MR) is 149 cm³/mol. The van der Waals surface area contributed by atoms with E-state index in [1.54, 1.807) is 12.0 Å². The Balaban J connectivity index is 1.42. The van der Waals surface area contributed by atoms with Gasteiger partial charge in [0.2, 0.25) is 16.2 Å². The number of carbonyl (C=O) groups is 2. The molecule has 0 saturated heterocycles. The van der Waals surface area contributed by atoms with Crippen LogP contribution in [0.5, 0.6) is 5.75 Å². The molecule has 0 bridgehead atoms. The van der Waals surface area contributed by atoms with Crippen LogP contribution in [0.15, 0.2) is 51.3 Å². The summed E-state index contributed by atoms with van der Waals surface area (Å²) in [6, 6.07) is 9.58. The van der Waals surface area contributed by atoms with Crippen LogP contribution in [-0.2, 0) is 16.0 Å². The molecule has 11 nitrogen and oxygen atoms in total. The Hall–Kier alpha value is -3.80. The molecule has 3 aromatic rings. The first kappa shape index (κ1) is 26.8. The van der Waals surface area contributed by atoms with E-state index in [0.717, 1.165) is 22.7 Å². The number of Topliss-reactive ketones (excluding diaryl/α,β-unsaturated/α-hetero) is 1. The number of anilines is 2. The number of ether oxygens (including phenoxy) is 1. The molecule has 1 amide bonds. The van der Waals surface area contributed by atoms with Crippen LogP contribution in [-0.4, -0.2) is 44.9 Å². The highest BCUT2D eigenvalue weighted by Crippen LogP contribution is 2.47. The van der Waals surface area contributed by atoms with Gasteiger partial charge in [0.1, 0.15) is 16.6 Å². The summed E-state index contributed by atoms with van der Waals surface area (Å²) in [6.45, 7) is 1.97. The summed E-state index contributed by atoms with van der Waals surface area (Å²) in [5.41, 5.74) is 8.91. The van der Waals surface area contributed by atoms with E-state index < -0.39 is 5.92 Å². The van der Waals surface area contributed by atoms with E-state index in [4.69, 9.17) is 10.5 Å². The van der Waals surface area contributed by atoms with Crippen LogP contribution in [0, 0.1) is 11.3 Å². The maximum absolute atomic E-state index is 13.3. The highest BCUT2D eigenvalue weighted by molar-refractivity contribution is 8.01. The first-order valence-corrected chi connectivity index (χ1v) is 14.7. The number of hydrogen-bond acceptors (Lipinski definition) is 13. The number of hydrogen-bond donors (Lipinski definition) is 2. The Bertz CT molecular complexity index is 1540. The molecule has 5 rings (SSSR count). The van der Waals surface area contributed by atoms with Crippen molar-refractivity contribution >= 4 is 56.4 Å². The van der Waals surface area contributed by atoms with Gasteiger partial charge in [0.15, 0.2) is 10.1 Å². The second-order valence-electron chi connectivity index (χ2n) is 8.63. The fourth-order valence-corrected chi connectivity index (χ4v) is 6.92. The van der Waals surface area contributed by atoms with Crippen molar-refractivity contribution in [2.75, 3.05) is 23.1 Å². The zero-order chi connectivity index (χ0) is 27.5. The SMILES string of the molecule is CCc1nnc(NC(=O)CSc2nnc(N3C(N)=C(C#N)C(c4cccc(OC)c4)C4=C3CCCC4=O)s2)s1. The Morgan fingerprint density at radius 2 is 2.13 bits per heavy atom. The lowest BCUT2D eigenvalue weighted by Crippen LogP contribution is -2.38. The number of aryl methyl sites for hydroxylation is 1. The Morgan fingerprint density at radius 1 is 1.28 bits per heavy atom. The van der Waals surface area contributed by atoms with E-state index >= 15 is 0 Å². The largest absolute Gasteiger partial charge is 0.497 e. The van der Waals surface area contributed by atoms with Crippen LogP contribution in [0.25, 0.3) is 0 Å². The van der Waals surface area contributed by atoms with E-state index in [1.165, 1.54) is 34.4 Å². The van der Waals surface area contributed by atoms with Gasteiger partial charge in [-0.15, -0.1) is 20.4 Å². The molecule has 1 aliphatic carbocycles. The molecule has 1 atom stereocenters. The summed E-state index contributed by atoms with van der Waals surface area (Å²) in [5.74, 6) is 0.101. The van der Waals surface area contributed by atoms with Crippen molar-refractivity contribution in [2.24, 2.45) is 5.73 Å². The third-order valence-electron chi connectivity index (χ3n) is 6.27. The summed E-state index contributed by atoms with van der Waals surface area (Å²) in [4.78, 5) is 27.4. The predicted octanol–water partition coefficient (Wildman–Crippen LogP) is 4.00. The molecule has 14 heteroatoms. The van der Waals surface area contributed by atoms with Crippen LogP contribution >= 0.6 is 34.4 Å². The van der Waals surface area contributed by atoms with Crippen molar-refractivity contribution in [3.05, 3.63) is 57.5 Å². The summed E-state index contributed by atoms with van der Waals surface area (Å²) >= 11 is 3.81. The lowest BCUT2D eigenvalue weighted by molar-refractivity contribution is -0.116. The molecule has 0 radical (unpaired) electrons. The topological polar surface area (TPSA) is 160 Å². The van der Waals surface area contributed by atoms with Crippen molar-refractivity contribution in [3.63, 3.8) is 0 Å². The molecular weight excluding hydrogens is 557 g/mol. The molecule has 0 saturated carbocycles. The lowest BCUT2D eigenvalue weighted by Gasteiger charge is -2.38. The Morgan fingerprint density at radius 3 is 2.87 bits per heavy atom. The van der Waals surface area contributed by atoms with E-state index in [2.05, 4.69) is 31.8 Å². The molecule has 2 aliphatic rings. The van der Waals surface area contributed by atoms with Crippen molar-refractivity contribution in [1.82, 2.24) is 20.4 Å². The van der Waals surface area contributed by atoms with Gasteiger partial charge in [-0.2, -0.15) is 5.26 Å². The molecule has 0 spiro atoms. The lowest BCUT2D eigenvalue weighted by atomic mass is 9.76. The van der Waals surface area contributed by atoms with Crippen molar-refractivity contribution in [3.8, 4) is 11.8 Å². The minimum absolute atomic E-state index is 0.0204. The number of benzene rings is 1. The van der Waals surface area contributed by atoms with Crippen molar-refractivity contribution in [1.29, 1.82) is 5.26 Å². The third-order valence-corrected chi connectivity index (χ3v) is 9.29. The van der Waals surface area contributed by atoms with Gasteiger partial charge >= 0.3 is 0 Å². The van der Waals surface area contributed by atoms with Gasteiger partial charge in [-0.25, -0.2) is 0 Å². The maximum Gasteiger partial charge on any atom is 0.236 e. The quantitative estimate of drug-likeness (QED) is 0.371. The second-order valence-corrected chi connectivity index (χ2v) is 11.9. The van der Waals surface area contributed by atoms with Gasteiger partial charge in [0.25, 0.3) is 0 Å². The molecular formula is C25H24N8O3S3. The summed E-state index contributed by atoms with van der Waals surface area (Å²) < 4.78 is 5.93. The van der Waals surface area contributed by atoms with E-state index in [0.29, 0.717) is 45.2 Å². The number of nitriles is 1. The highest BCUT2D eigenvalue weighted by atomic mass is 32.2. The second kappa shape index (κ2) is 11.5. The Labute approximate surface area is 236 Å². The Kier molecular flexibility index (Phi) is 7.92. The number of nitrogens with one attached hydrogen (secondary N) is 1. The molecule has 1 aromatic carbocycles. The average Bonchev–Trinajstić information content (AvgIpc) is 3.61. The van der Waals surface area contributed by atoms with Gasteiger partial charge in [-0.3, -0.25) is 19.8 Å². The van der Waals surface area contributed by atoms with Gasteiger partial charge in [0.05, 0.1) is 30.4 Å². The van der Waals surface area contributed by atoms with E-state index in [9.17, 15) is 14.9 Å². The normalized spacial score (nSPS) is 17.2. The number of aromatic nitrogens is 4. The zero-order valence-electron chi connectivity index (χ0n) is 21.1. The smallest absolute Gasteiger partial charge is 0.236 e.